The molecule has 0 radical (unpaired) electrons. The number of rotatable bonds is 5. The monoisotopic (exact) mass is 252 g/mol. The Labute approximate surface area is 107 Å². The van der Waals surface area contributed by atoms with Crippen LogP contribution in [-0.2, 0) is 11.3 Å². The van der Waals surface area contributed by atoms with Gasteiger partial charge in [-0.15, -0.1) is 11.3 Å². The van der Waals surface area contributed by atoms with E-state index in [1.54, 1.807) is 11.3 Å². The van der Waals surface area contributed by atoms with Gasteiger partial charge in [0.15, 0.2) is 0 Å². The van der Waals surface area contributed by atoms with Crippen LogP contribution in [0.1, 0.15) is 30.6 Å². The minimum atomic E-state index is 0.184. The lowest BCUT2D eigenvalue weighted by Crippen LogP contribution is -2.31. The van der Waals surface area contributed by atoms with Gasteiger partial charge in [0.1, 0.15) is 0 Å². The van der Waals surface area contributed by atoms with Crippen molar-refractivity contribution in [2.75, 3.05) is 13.1 Å². The number of thiophene rings is 1. The van der Waals surface area contributed by atoms with Crippen LogP contribution in [0.4, 0.5) is 0 Å². The summed E-state index contributed by atoms with van der Waals surface area (Å²) in [6.45, 7) is 2.90. The molecule has 17 heavy (non-hydrogen) atoms. The molecule has 1 aromatic rings. The molecule has 0 saturated carbocycles. The number of hydrogen-bond acceptors (Lipinski definition) is 3. The number of piperidine rings is 1. The summed E-state index contributed by atoms with van der Waals surface area (Å²) in [7, 11) is 0. The van der Waals surface area contributed by atoms with Gasteiger partial charge in [-0.1, -0.05) is 6.07 Å². The molecule has 1 aliphatic rings. The molecule has 3 nitrogen and oxygen atoms in total. The summed E-state index contributed by atoms with van der Waals surface area (Å²) >= 11 is 1.69. The van der Waals surface area contributed by atoms with Gasteiger partial charge in [0.25, 0.3) is 0 Å². The zero-order valence-electron chi connectivity index (χ0n) is 10.1. The van der Waals surface area contributed by atoms with Crippen molar-refractivity contribution in [1.29, 1.82) is 0 Å². The van der Waals surface area contributed by atoms with Crippen LogP contribution < -0.4 is 10.6 Å². The van der Waals surface area contributed by atoms with E-state index < -0.39 is 0 Å². The average Bonchev–Trinajstić information content (AvgIpc) is 2.88. The fourth-order valence-corrected chi connectivity index (χ4v) is 2.84. The molecule has 2 heterocycles. The first-order valence-electron chi connectivity index (χ1n) is 6.34. The Morgan fingerprint density at radius 3 is 3.24 bits per heavy atom. The molecule has 0 aliphatic carbocycles. The van der Waals surface area contributed by atoms with Crippen molar-refractivity contribution < 1.29 is 4.79 Å². The van der Waals surface area contributed by atoms with Crippen LogP contribution in [0.3, 0.4) is 0 Å². The van der Waals surface area contributed by atoms with Crippen molar-refractivity contribution >= 4 is 17.2 Å². The van der Waals surface area contributed by atoms with Gasteiger partial charge in [-0.3, -0.25) is 4.79 Å². The van der Waals surface area contributed by atoms with Crippen LogP contribution in [0.15, 0.2) is 17.5 Å². The van der Waals surface area contributed by atoms with Gasteiger partial charge < -0.3 is 10.6 Å². The maximum atomic E-state index is 11.7. The van der Waals surface area contributed by atoms with Crippen molar-refractivity contribution in [3.05, 3.63) is 22.4 Å². The van der Waals surface area contributed by atoms with E-state index >= 15 is 0 Å². The second-order valence-corrected chi connectivity index (χ2v) is 5.64. The van der Waals surface area contributed by atoms with Crippen LogP contribution >= 0.6 is 11.3 Å². The molecule has 1 unspecified atom stereocenters. The summed E-state index contributed by atoms with van der Waals surface area (Å²) in [6.07, 6.45) is 4.20. The van der Waals surface area contributed by atoms with Crippen LogP contribution in [-0.4, -0.2) is 19.0 Å². The topological polar surface area (TPSA) is 41.1 Å². The predicted molar refractivity (Wildman–Crippen MR) is 71.0 cm³/mol. The number of amides is 1. The highest BCUT2D eigenvalue weighted by atomic mass is 32.1. The van der Waals surface area contributed by atoms with E-state index in [2.05, 4.69) is 16.7 Å². The second kappa shape index (κ2) is 6.77. The second-order valence-electron chi connectivity index (χ2n) is 4.61. The highest BCUT2D eigenvalue weighted by Crippen LogP contribution is 2.15. The largest absolute Gasteiger partial charge is 0.351 e. The smallest absolute Gasteiger partial charge is 0.220 e. The van der Waals surface area contributed by atoms with Gasteiger partial charge >= 0.3 is 0 Å². The normalized spacial score (nSPS) is 20.1. The first-order valence-corrected chi connectivity index (χ1v) is 7.22. The molecule has 1 atom stereocenters. The lowest BCUT2D eigenvalue weighted by atomic mass is 9.94. The standard InChI is InChI=1S/C13H20N2OS/c16-13(15-10-12-4-2-8-17-12)6-5-11-3-1-7-14-9-11/h2,4,8,11,14H,1,3,5-7,9-10H2,(H,15,16). The van der Waals surface area contributed by atoms with E-state index in [0.29, 0.717) is 18.9 Å². The maximum absolute atomic E-state index is 11.7. The molecule has 1 aromatic heterocycles. The first kappa shape index (κ1) is 12.6. The lowest BCUT2D eigenvalue weighted by molar-refractivity contribution is -0.121. The van der Waals surface area contributed by atoms with Crippen molar-refractivity contribution in [3.63, 3.8) is 0 Å². The minimum absolute atomic E-state index is 0.184. The number of hydrogen-bond donors (Lipinski definition) is 2. The van der Waals surface area contributed by atoms with Crippen LogP contribution in [0, 0.1) is 5.92 Å². The first-order chi connectivity index (χ1) is 8.34. The summed E-state index contributed by atoms with van der Waals surface area (Å²) in [5.41, 5.74) is 0. The molecule has 94 valence electrons. The molecular formula is C13H20N2OS. The Hall–Kier alpha value is -0.870. The van der Waals surface area contributed by atoms with Gasteiger partial charge in [0.2, 0.25) is 5.91 Å². The molecule has 4 heteroatoms. The molecular weight excluding hydrogens is 232 g/mol. The van der Waals surface area contributed by atoms with E-state index in [4.69, 9.17) is 0 Å². The highest BCUT2D eigenvalue weighted by molar-refractivity contribution is 7.09. The van der Waals surface area contributed by atoms with Crippen molar-refractivity contribution in [3.8, 4) is 0 Å². The molecule has 2 N–H and O–H groups in total. The predicted octanol–water partition coefficient (Wildman–Crippen LogP) is 2.14. The van der Waals surface area contributed by atoms with Gasteiger partial charge in [-0.05, 0) is 49.7 Å². The molecule has 1 amide bonds. The number of nitrogens with one attached hydrogen (secondary N) is 2. The third kappa shape index (κ3) is 4.48. The maximum Gasteiger partial charge on any atom is 0.220 e. The Morgan fingerprint density at radius 1 is 1.59 bits per heavy atom. The molecule has 0 bridgehead atoms. The van der Waals surface area contributed by atoms with Gasteiger partial charge in [-0.2, -0.15) is 0 Å². The Balaban J connectivity index is 1.60. The molecule has 0 spiro atoms. The summed E-state index contributed by atoms with van der Waals surface area (Å²) in [6, 6.07) is 4.07. The van der Waals surface area contributed by atoms with Gasteiger partial charge in [-0.25, -0.2) is 0 Å². The highest BCUT2D eigenvalue weighted by Gasteiger charge is 2.14. The van der Waals surface area contributed by atoms with Gasteiger partial charge in [0.05, 0.1) is 6.54 Å². The average molecular weight is 252 g/mol. The molecule has 1 aliphatic heterocycles. The SMILES string of the molecule is O=C(CCC1CCCNC1)NCc1cccs1. The number of carbonyl (C=O) groups excluding carboxylic acids is 1. The Morgan fingerprint density at radius 2 is 2.53 bits per heavy atom. The summed E-state index contributed by atoms with van der Waals surface area (Å²) in [5.74, 6) is 0.875. The van der Waals surface area contributed by atoms with E-state index in [0.717, 1.165) is 19.5 Å². The Bertz CT molecular complexity index is 331. The molecule has 1 fully saturated rings. The minimum Gasteiger partial charge on any atom is -0.351 e. The van der Waals surface area contributed by atoms with E-state index in [-0.39, 0.29) is 5.91 Å². The van der Waals surface area contributed by atoms with Crippen molar-refractivity contribution in [1.82, 2.24) is 10.6 Å². The summed E-state index contributed by atoms with van der Waals surface area (Å²) < 4.78 is 0. The van der Waals surface area contributed by atoms with Crippen molar-refractivity contribution in [2.45, 2.75) is 32.2 Å². The van der Waals surface area contributed by atoms with Crippen LogP contribution in [0.5, 0.6) is 0 Å². The third-order valence-electron chi connectivity index (χ3n) is 3.22. The Kier molecular flexibility index (Phi) is 5.01. The van der Waals surface area contributed by atoms with E-state index in [1.807, 2.05) is 11.4 Å². The molecule has 1 saturated heterocycles. The molecule has 2 rings (SSSR count). The van der Waals surface area contributed by atoms with E-state index in [9.17, 15) is 4.79 Å². The fraction of sp³-hybridized carbons (Fsp3) is 0.615. The molecule has 0 aromatic carbocycles. The zero-order chi connectivity index (χ0) is 11.9. The number of carbonyl (C=O) groups is 1. The summed E-state index contributed by atoms with van der Waals surface area (Å²) in [5, 5.41) is 8.40. The van der Waals surface area contributed by atoms with E-state index in [1.165, 1.54) is 17.7 Å². The van der Waals surface area contributed by atoms with Gasteiger partial charge in [0, 0.05) is 11.3 Å². The summed E-state index contributed by atoms with van der Waals surface area (Å²) in [4.78, 5) is 12.9. The third-order valence-corrected chi connectivity index (χ3v) is 4.09. The lowest BCUT2D eigenvalue weighted by Gasteiger charge is -2.22. The quantitative estimate of drug-likeness (QED) is 0.843. The fourth-order valence-electron chi connectivity index (χ4n) is 2.19. The van der Waals surface area contributed by atoms with Crippen LogP contribution in [0.25, 0.3) is 0 Å². The van der Waals surface area contributed by atoms with Crippen molar-refractivity contribution in [2.24, 2.45) is 5.92 Å². The van der Waals surface area contributed by atoms with Crippen LogP contribution in [0.2, 0.25) is 0 Å². The zero-order valence-corrected chi connectivity index (χ0v) is 10.9.